The van der Waals surface area contributed by atoms with Gasteiger partial charge in [-0.25, -0.2) is 4.79 Å². The van der Waals surface area contributed by atoms with Gasteiger partial charge in [0.15, 0.2) is 0 Å². The van der Waals surface area contributed by atoms with Crippen molar-refractivity contribution < 1.29 is 9.59 Å². The molecule has 2 atom stereocenters. The second kappa shape index (κ2) is 9.85. The summed E-state index contributed by atoms with van der Waals surface area (Å²) in [4.78, 5) is 28.6. The van der Waals surface area contributed by atoms with Crippen molar-refractivity contribution in [1.82, 2.24) is 20.4 Å². The Balaban J connectivity index is 1.52. The number of imide groups is 1. The number of hydrogen-bond donors (Lipinski definition) is 2. The molecule has 1 aromatic carbocycles. The fourth-order valence-corrected chi connectivity index (χ4v) is 4.53. The number of piperidine rings is 1. The van der Waals surface area contributed by atoms with Gasteiger partial charge in [0.1, 0.15) is 0 Å². The van der Waals surface area contributed by atoms with Crippen LogP contribution in [-0.4, -0.2) is 60.5 Å². The molecular formula is C21H32N4O2. The number of carbonyl (C=O) groups is 2. The van der Waals surface area contributed by atoms with Gasteiger partial charge in [0.05, 0.1) is 6.54 Å². The van der Waals surface area contributed by atoms with E-state index in [9.17, 15) is 9.59 Å². The molecule has 1 aromatic rings. The van der Waals surface area contributed by atoms with Crippen molar-refractivity contribution in [2.45, 2.75) is 45.2 Å². The van der Waals surface area contributed by atoms with Gasteiger partial charge in [0.2, 0.25) is 5.91 Å². The first-order chi connectivity index (χ1) is 13.2. The summed E-state index contributed by atoms with van der Waals surface area (Å²) in [6.45, 7) is 6.86. The maximum atomic E-state index is 12.2. The molecule has 2 fully saturated rings. The molecule has 0 bridgehead atoms. The molecule has 148 valence electrons. The number of rotatable bonds is 6. The fourth-order valence-electron chi connectivity index (χ4n) is 4.53. The van der Waals surface area contributed by atoms with E-state index in [4.69, 9.17) is 0 Å². The second-order valence-electron chi connectivity index (χ2n) is 7.71. The van der Waals surface area contributed by atoms with Crippen LogP contribution in [0.5, 0.6) is 0 Å². The molecule has 3 rings (SSSR count). The molecule has 0 unspecified atom stereocenters. The molecule has 0 saturated carbocycles. The highest BCUT2D eigenvalue weighted by atomic mass is 16.2. The summed E-state index contributed by atoms with van der Waals surface area (Å²) in [6.07, 6.45) is 4.73. The first kappa shape index (κ1) is 19.8. The van der Waals surface area contributed by atoms with Crippen LogP contribution in [0.4, 0.5) is 4.79 Å². The van der Waals surface area contributed by atoms with Crippen LogP contribution in [0, 0.1) is 5.92 Å². The second-order valence-corrected chi connectivity index (χ2v) is 7.71. The lowest BCUT2D eigenvalue weighted by Crippen LogP contribution is -2.49. The SMILES string of the molecule is CCNC(=O)NC(=O)CN1CCC[C@H]1[C@H]1CCCN(Cc2ccccc2)C1. The Morgan fingerprint density at radius 3 is 2.67 bits per heavy atom. The zero-order valence-electron chi connectivity index (χ0n) is 16.3. The molecule has 3 amide bonds. The van der Waals surface area contributed by atoms with E-state index in [2.05, 4.69) is 50.8 Å². The van der Waals surface area contributed by atoms with E-state index in [1.165, 1.54) is 18.4 Å². The Hall–Kier alpha value is -1.92. The van der Waals surface area contributed by atoms with Crippen LogP contribution >= 0.6 is 0 Å². The van der Waals surface area contributed by atoms with Crippen molar-refractivity contribution >= 4 is 11.9 Å². The zero-order valence-corrected chi connectivity index (χ0v) is 16.3. The van der Waals surface area contributed by atoms with Crippen LogP contribution < -0.4 is 10.6 Å². The van der Waals surface area contributed by atoms with Gasteiger partial charge >= 0.3 is 6.03 Å². The van der Waals surface area contributed by atoms with E-state index < -0.39 is 6.03 Å². The summed E-state index contributed by atoms with van der Waals surface area (Å²) in [6, 6.07) is 10.7. The van der Waals surface area contributed by atoms with Gasteiger partial charge in [-0.05, 0) is 57.2 Å². The Kier molecular flexibility index (Phi) is 7.24. The van der Waals surface area contributed by atoms with Crippen LogP contribution in [-0.2, 0) is 11.3 Å². The lowest BCUT2D eigenvalue weighted by molar-refractivity contribution is -0.121. The van der Waals surface area contributed by atoms with Gasteiger partial charge < -0.3 is 5.32 Å². The molecule has 0 aromatic heterocycles. The van der Waals surface area contributed by atoms with Gasteiger partial charge in [0.25, 0.3) is 0 Å². The molecule has 2 N–H and O–H groups in total. The smallest absolute Gasteiger partial charge is 0.321 e. The average Bonchev–Trinajstić information content (AvgIpc) is 3.11. The van der Waals surface area contributed by atoms with Crippen molar-refractivity contribution in [3.8, 4) is 0 Å². The number of nitrogens with one attached hydrogen (secondary N) is 2. The van der Waals surface area contributed by atoms with Crippen molar-refractivity contribution in [1.29, 1.82) is 0 Å². The highest BCUT2D eigenvalue weighted by Gasteiger charge is 2.35. The van der Waals surface area contributed by atoms with Crippen LogP contribution in [0.25, 0.3) is 0 Å². The molecule has 2 aliphatic rings. The van der Waals surface area contributed by atoms with Crippen LogP contribution in [0.1, 0.15) is 38.2 Å². The van der Waals surface area contributed by atoms with Gasteiger partial charge in [-0.15, -0.1) is 0 Å². The minimum absolute atomic E-state index is 0.204. The first-order valence-electron chi connectivity index (χ1n) is 10.2. The molecule has 2 aliphatic heterocycles. The summed E-state index contributed by atoms with van der Waals surface area (Å²) >= 11 is 0. The van der Waals surface area contributed by atoms with E-state index >= 15 is 0 Å². The van der Waals surface area contributed by atoms with Crippen LogP contribution in [0.15, 0.2) is 30.3 Å². The van der Waals surface area contributed by atoms with E-state index in [0.717, 1.165) is 39.0 Å². The van der Waals surface area contributed by atoms with Gasteiger partial charge in [0, 0.05) is 25.7 Å². The Morgan fingerprint density at radius 1 is 1.11 bits per heavy atom. The third-order valence-corrected chi connectivity index (χ3v) is 5.69. The fraction of sp³-hybridized carbons (Fsp3) is 0.619. The average molecular weight is 373 g/mol. The number of hydrogen-bond acceptors (Lipinski definition) is 4. The number of amides is 3. The van der Waals surface area contributed by atoms with Gasteiger partial charge in [-0.3, -0.25) is 19.9 Å². The summed E-state index contributed by atoms with van der Waals surface area (Å²) in [5.41, 5.74) is 1.36. The zero-order chi connectivity index (χ0) is 19.1. The van der Waals surface area contributed by atoms with Crippen molar-refractivity contribution in [2.75, 3.05) is 32.7 Å². The standard InChI is InChI=1S/C21H32N4O2/c1-2-22-21(27)23-20(26)16-25-13-7-11-19(25)18-10-6-12-24(15-18)14-17-8-4-3-5-9-17/h3-5,8-9,18-19H,2,6-7,10-16H2,1H3,(H2,22,23,26,27)/t18-,19-/m0/s1. The monoisotopic (exact) mass is 372 g/mol. The largest absolute Gasteiger partial charge is 0.338 e. The van der Waals surface area contributed by atoms with Crippen molar-refractivity contribution in [3.05, 3.63) is 35.9 Å². The summed E-state index contributed by atoms with van der Waals surface area (Å²) in [7, 11) is 0. The first-order valence-corrected chi connectivity index (χ1v) is 10.2. The van der Waals surface area contributed by atoms with E-state index in [1.807, 2.05) is 6.92 Å². The van der Waals surface area contributed by atoms with Crippen LogP contribution in [0.3, 0.4) is 0 Å². The third kappa shape index (κ3) is 5.78. The highest BCUT2D eigenvalue weighted by molar-refractivity contribution is 5.95. The minimum Gasteiger partial charge on any atom is -0.338 e. The maximum Gasteiger partial charge on any atom is 0.321 e. The summed E-state index contributed by atoms with van der Waals surface area (Å²) in [5.74, 6) is 0.395. The quantitative estimate of drug-likeness (QED) is 0.804. The molecule has 2 saturated heterocycles. The van der Waals surface area contributed by atoms with E-state index in [0.29, 0.717) is 25.0 Å². The van der Waals surface area contributed by atoms with Gasteiger partial charge in [-0.1, -0.05) is 30.3 Å². The molecule has 6 heteroatoms. The normalized spacial score (nSPS) is 23.9. The third-order valence-electron chi connectivity index (χ3n) is 5.69. The predicted octanol–water partition coefficient (Wildman–Crippen LogP) is 2.21. The Bertz CT molecular complexity index is 622. The molecule has 0 aliphatic carbocycles. The summed E-state index contributed by atoms with van der Waals surface area (Å²) < 4.78 is 0. The van der Waals surface area contributed by atoms with E-state index in [1.54, 1.807) is 0 Å². The number of carbonyl (C=O) groups excluding carboxylic acids is 2. The molecule has 0 spiro atoms. The number of likely N-dealkylation sites (tertiary alicyclic amines) is 2. The minimum atomic E-state index is -0.398. The summed E-state index contributed by atoms with van der Waals surface area (Å²) in [5, 5.41) is 5.04. The van der Waals surface area contributed by atoms with Gasteiger partial charge in [-0.2, -0.15) is 0 Å². The lowest BCUT2D eigenvalue weighted by Gasteiger charge is -2.39. The Morgan fingerprint density at radius 2 is 1.89 bits per heavy atom. The maximum absolute atomic E-state index is 12.2. The predicted molar refractivity (Wildman–Crippen MR) is 106 cm³/mol. The van der Waals surface area contributed by atoms with Crippen LogP contribution in [0.2, 0.25) is 0 Å². The number of nitrogens with zero attached hydrogens (tertiary/aromatic N) is 2. The van der Waals surface area contributed by atoms with Crippen molar-refractivity contribution in [2.24, 2.45) is 5.92 Å². The topological polar surface area (TPSA) is 64.7 Å². The highest BCUT2D eigenvalue weighted by Crippen LogP contribution is 2.30. The van der Waals surface area contributed by atoms with Crippen molar-refractivity contribution in [3.63, 3.8) is 0 Å². The molecule has 0 radical (unpaired) electrons. The molecule has 27 heavy (non-hydrogen) atoms. The lowest BCUT2D eigenvalue weighted by atomic mass is 9.89. The number of benzene rings is 1. The Labute approximate surface area is 162 Å². The molecule has 2 heterocycles. The van der Waals surface area contributed by atoms with E-state index in [-0.39, 0.29) is 5.91 Å². The molecular weight excluding hydrogens is 340 g/mol. The molecule has 6 nitrogen and oxygen atoms in total. The number of urea groups is 1.